The number of rotatable bonds is 6. The third kappa shape index (κ3) is 4.20. The molecule has 0 spiro atoms. The van der Waals surface area contributed by atoms with Crippen LogP contribution in [0.25, 0.3) is 6.08 Å². The van der Waals surface area contributed by atoms with Gasteiger partial charge in [0.15, 0.2) is 11.6 Å². The molecule has 2 aromatic carbocycles. The summed E-state index contributed by atoms with van der Waals surface area (Å²) < 4.78 is 94.3. The summed E-state index contributed by atoms with van der Waals surface area (Å²) in [6, 6.07) is 5.52. The van der Waals surface area contributed by atoms with Crippen LogP contribution in [0.15, 0.2) is 35.7 Å². The Kier molecular flexibility index (Phi) is 5.51. The van der Waals surface area contributed by atoms with Crippen LogP contribution in [-0.2, 0) is 9.63 Å². The average molecular weight is 406 g/mol. The van der Waals surface area contributed by atoms with Crippen LogP contribution in [0.4, 0.5) is 17.6 Å². The zero-order chi connectivity index (χ0) is 20.6. The van der Waals surface area contributed by atoms with Crippen molar-refractivity contribution >= 4 is 15.7 Å². The smallest absolute Gasteiger partial charge is 0.205 e. The zero-order valence-corrected chi connectivity index (χ0v) is 15.3. The van der Waals surface area contributed by atoms with Gasteiger partial charge in [0.1, 0.15) is 20.3 Å². The molecule has 148 valence electrons. The van der Waals surface area contributed by atoms with Crippen molar-refractivity contribution in [1.29, 1.82) is 0 Å². The van der Waals surface area contributed by atoms with Gasteiger partial charge in [-0.25, -0.2) is 13.0 Å². The van der Waals surface area contributed by atoms with E-state index in [1.54, 1.807) is 0 Å². The van der Waals surface area contributed by atoms with Crippen LogP contribution in [0.5, 0.6) is 11.5 Å². The number of hydrogen-bond acceptors (Lipinski definition) is 2. The summed E-state index contributed by atoms with van der Waals surface area (Å²) >= 11 is 0. The highest BCUT2D eigenvalue weighted by atomic mass is 32.3. The summed E-state index contributed by atoms with van der Waals surface area (Å²) in [7, 11) is -6.17. The van der Waals surface area contributed by atoms with Crippen LogP contribution in [0.1, 0.15) is 19.4 Å². The van der Waals surface area contributed by atoms with Crippen LogP contribution < -0.4 is 4.74 Å². The minimum atomic E-state index is -6.17. The van der Waals surface area contributed by atoms with Gasteiger partial charge in [-0.3, -0.25) is 0 Å². The summed E-state index contributed by atoms with van der Waals surface area (Å²) in [5.74, 6) is -11.8. The number of hydrogen-bond donors (Lipinski definition) is 2. The summed E-state index contributed by atoms with van der Waals surface area (Å²) in [6.07, 6.45) is 1.49. The molecular formula is C18H18F4O4S. The minimum absolute atomic E-state index is 0.141. The molecule has 2 N–H and O–H groups in total. The van der Waals surface area contributed by atoms with E-state index in [1.165, 1.54) is 44.2 Å². The SMILES string of the molecule is C=Cc1ccc(Oc2c(F)c(F)c(S(=O)(O)(O)CC(C)C)c(F)c2F)cc1. The lowest BCUT2D eigenvalue weighted by Gasteiger charge is -2.33. The van der Waals surface area contributed by atoms with Gasteiger partial charge < -0.3 is 13.8 Å². The largest absolute Gasteiger partial charge is 0.451 e. The predicted molar refractivity (Wildman–Crippen MR) is 94.3 cm³/mol. The second-order valence-corrected chi connectivity index (χ2v) is 9.14. The fourth-order valence-electron chi connectivity index (χ4n) is 2.52. The molecule has 0 aliphatic rings. The highest BCUT2D eigenvalue weighted by Gasteiger charge is 2.44. The molecule has 4 nitrogen and oxygen atoms in total. The van der Waals surface area contributed by atoms with E-state index in [0.717, 1.165) is 0 Å². The van der Waals surface area contributed by atoms with Gasteiger partial charge in [0.05, 0.1) is 5.75 Å². The average Bonchev–Trinajstić information content (AvgIpc) is 2.55. The van der Waals surface area contributed by atoms with Crippen molar-refractivity contribution in [2.75, 3.05) is 5.75 Å². The normalized spacial score (nSPS) is 13.3. The first kappa shape index (κ1) is 21.1. The molecule has 27 heavy (non-hydrogen) atoms. The second-order valence-electron chi connectivity index (χ2n) is 6.37. The summed E-state index contributed by atoms with van der Waals surface area (Å²) in [4.78, 5) is -1.95. The maximum Gasteiger partial charge on any atom is 0.205 e. The maximum atomic E-state index is 14.3. The lowest BCUT2D eigenvalue weighted by atomic mass is 10.2. The van der Waals surface area contributed by atoms with Crippen molar-refractivity contribution in [3.8, 4) is 11.5 Å². The Balaban J connectivity index is 2.61. The van der Waals surface area contributed by atoms with E-state index in [9.17, 15) is 30.9 Å². The van der Waals surface area contributed by atoms with Gasteiger partial charge in [0, 0.05) is 0 Å². The van der Waals surface area contributed by atoms with Crippen LogP contribution in [0.2, 0.25) is 0 Å². The van der Waals surface area contributed by atoms with Gasteiger partial charge in [-0.2, -0.15) is 8.78 Å². The molecule has 0 saturated heterocycles. The van der Waals surface area contributed by atoms with Crippen molar-refractivity contribution in [1.82, 2.24) is 0 Å². The first-order valence-corrected chi connectivity index (χ1v) is 9.82. The molecule has 0 aliphatic heterocycles. The monoisotopic (exact) mass is 406 g/mol. The summed E-state index contributed by atoms with van der Waals surface area (Å²) in [5, 5.41) is 0. The van der Waals surface area contributed by atoms with E-state index in [-0.39, 0.29) is 5.75 Å². The van der Waals surface area contributed by atoms with Gasteiger partial charge in [-0.05, 0) is 23.6 Å². The highest BCUT2D eigenvalue weighted by Crippen LogP contribution is 2.41. The van der Waals surface area contributed by atoms with Crippen molar-refractivity contribution in [3.05, 3.63) is 59.7 Å². The van der Waals surface area contributed by atoms with E-state index in [2.05, 4.69) is 6.58 Å². The third-order valence-electron chi connectivity index (χ3n) is 3.56. The molecule has 2 aromatic rings. The van der Waals surface area contributed by atoms with Crippen molar-refractivity contribution in [2.24, 2.45) is 5.92 Å². The van der Waals surface area contributed by atoms with Gasteiger partial charge in [0.25, 0.3) is 0 Å². The summed E-state index contributed by atoms with van der Waals surface area (Å²) in [6.45, 7) is 6.29. The Morgan fingerprint density at radius 3 is 1.93 bits per heavy atom. The third-order valence-corrected chi connectivity index (χ3v) is 6.01. The van der Waals surface area contributed by atoms with E-state index < -0.39 is 55.2 Å². The van der Waals surface area contributed by atoms with Crippen LogP contribution in [0, 0.1) is 29.2 Å². The van der Waals surface area contributed by atoms with Crippen molar-refractivity contribution in [2.45, 2.75) is 18.7 Å². The molecule has 0 heterocycles. The van der Waals surface area contributed by atoms with Gasteiger partial charge in [-0.15, -0.1) is 0 Å². The van der Waals surface area contributed by atoms with Crippen LogP contribution in [0.3, 0.4) is 0 Å². The molecule has 0 saturated carbocycles. The Labute approximate surface area is 153 Å². The fraction of sp³-hybridized carbons (Fsp3) is 0.222. The van der Waals surface area contributed by atoms with Crippen LogP contribution >= 0.6 is 0 Å². The van der Waals surface area contributed by atoms with Gasteiger partial charge in [0.2, 0.25) is 17.4 Å². The van der Waals surface area contributed by atoms with Gasteiger partial charge >= 0.3 is 0 Å². The summed E-state index contributed by atoms with van der Waals surface area (Å²) in [5.41, 5.74) is 0.660. The topological polar surface area (TPSA) is 66.8 Å². The molecule has 2 rings (SSSR count). The van der Waals surface area contributed by atoms with Crippen molar-refractivity contribution in [3.63, 3.8) is 0 Å². The molecule has 0 fully saturated rings. The quantitative estimate of drug-likeness (QED) is 0.494. The Bertz CT molecular complexity index is 920. The Morgan fingerprint density at radius 2 is 1.52 bits per heavy atom. The standard InChI is InChI=1S/C18H18F4O4S/c1-4-11-5-7-12(8-6-11)26-17-13(19)15(21)18(16(22)14(17)20)27(23,24,25)9-10(2)3/h4-8,10H,1,9H2,2-3H3,(H2,23,24,25). The van der Waals surface area contributed by atoms with E-state index in [4.69, 9.17) is 4.74 Å². The molecule has 0 unspecified atom stereocenters. The second kappa shape index (κ2) is 7.06. The highest BCUT2D eigenvalue weighted by molar-refractivity contribution is 8.10. The van der Waals surface area contributed by atoms with Crippen molar-refractivity contribution < 1.29 is 35.6 Å². The molecule has 0 aliphatic carbocycles. The molecule has 0 amide bonds. The molecule has 0 atom stereocenters. The minimum Gasteiger partial charge on any atom is -0.451 e. The number of ether oxygens (including phenoxy) is 1. The fourth-order valence-corrected chi connectivity index (χ4v) is 4.78. The Hall–Kier alpha value is -2.23. The molecule has 0 radical (unpaired) electrons. The van der Waals surface area contributed by atoms with E-state index in [1.807, 2.05) is 0 Å². The van der Waals surface area contributed by atoms with E-state index in [0.29, 0.717) is 5.56 Å². The van der Waals surface area contributed by atoms with E-state index >= 15 is 0 Å². The maximum absolute atomic E-state index is 14.3. The lowest BCUT2D eigenvalue weighted by molar-refractivity contribution is 0.328. The number of halogens is 4. The first-order chi connectivity index (χ1) is 12.4. The molecular weight excluding hydrogens is 388 g/mol. The molecule has 0 aromatic heterocycles. The van der Waals surface area contributed by atoms with Crippen LogP contribution in [-0.4, -0.2) is 19.1 Å². The molecule has 0 bridgehead atoms. The zero-order valence-electron chi connectivity index (χ0n) is 14.5. The van der Waals surface area contributed by atoms with Gasteiger partial charge in [-0.1, -0.05) is 38.6 Å². The first-order valence-electron chi connectivity index (χ1n) is 7.77. The molecule has 9 heteroatoms. The lowest BCUT2D eigenvalue weighted by Crippen LogP contribution is -2.40. The Morgan fingerprint density at radius 1 is 1.04 bits per heavy atom. The number of benzene rings is 2. The predicted octanol–water partition coefficient (Wildman–Crippen LogP) is 5.46.